The lowest BCUT2D eigenvalue weighted by atomic mass is 10.2. The van der Waals surface area contributed by atoms with E-state index in [2.05, 4.69) is 4.72 Å². The van der Waals surface area contributed by atoms with Gasteiger partial charge in [-0.3, -0.25) is 0 Å². The van der Waals surface area contributed by atoms with Gasteiger partial charge in [0.1, 0.15) is 0 Å². The SMILES string of the molecule is O=S1(=O)N[C@H](C2CC2)CN1Cc1ccccc1. The predicted octanol–water partition coefficient (Wildman–Crippen LogP) is 1.12. The van der Waals surface area contributed by atoms with Gasteiger partial charge >= 0.3 is 0 Å². The summed E-state index contributed by atoms with van der Waals surface area (Å²) in [5.74, 6) is 0.561. The first-order chi connectivity index (χ1) is 8.15. The highest BCUT2D eigenvalue weighted by atomic mass is 32.2. The van der Waals surface area contributed by atoms with Crippen LogP contribution in [-0.2, 0) is 16.8 Å². The molecule has 1 atom stereocenters. The van der Waals surface area contributed by atoms with E-state index in [4.69, 9.17) is 0 Å². The van der Waals surface area contributed by atoms with Gasteiger partial charge in [-0.1, -0.05) is 30.3 Å². The summed E-state index contributed by atoms with van der Waals surface area (Å²) in [6, 6.07) is 9.85. The maximum Gasteiger partial charge on any atom is 0.280 e. The fraction of sp³-hybridized carbons (Fsp3) is 0.500. The summed E-state index contributed by atoms with van der Waals surface area (Å²) in [6.07, 6.45) is 2.32. The average molecular weight is 252 g/mol. The molecule has 1 aliphatic heterocycles. The van der Waals surface area contributed by atoms with Gasteiger partial charge < -0.3 is 0 Å². The fourth-order valence-corrected chi connectivity index (χ4v) is 3.78. The van der Waals surface area contributed by atoms with Crippen molar-refractivity contribution in [1.29, 1.82) is 0 Å². The van der Waals surface area contributed by atoms with Crippen LogP contribution in [0.15, 0.2) is 30.3 Å². The van der Waals surface area contributed by atoms with Crippen LogP contribution in [0.4, 0.5) is 0 Å². The zero-order valence-electron chi connectivity index (χ0n) is 9.54. The molecule has 2 aliphatic rings. The zero-order valence-corrected chi connectivity index (χ0v) is 10.4. The standard InChI is InChI=1S/C12H16N2O2S/c15-17(16)13-12(11-6-7-11)9-14(17)8-10-4-2-1-3-5-10/h1-5,11-13H,6-9H2/t12-/m0/s1. The lowest BCUT2D eigenvalue weighted by Crippen LogP contribution is -2.30. The molecule has 92 valence electrons. The van der Waals surface area contributed by atoms with Gasteiger partial charge in [-0.05, 0) is 24.3 Å². The third-order valence-electron chi connectivity index (χ3n) is 3.43. The Bertz CT molecular complexity index is 496. The summed E-state index contributed by atoms with van der Waals surface area (Å²) in [4.78, 5) is 0. The molecule has 1 aromatic rings. The maximum absolute atomic E-state index is 11.9. The van der Waals surface area contributed by atoms with Gasteiger partial charge in [-0.15, -0.1) is 0 Å². The van der Waals surface area contributed by atoms with Crippen molar-refractivity contribution in [2.24, 2.45) is 5.92 Å². The Kier molecular flexibility index (Phi) is 2.69. The molecular formula is C12H16N2O2S. The second kappa shape index (κ2) is 4.08. The van der Waals surface area contributed by atoms with Crippen LogP contribution in [0.5, 0.6) is 0 Å². The Hall–Kier alpha value is -0.910. The van der Waals surface area contributed by atoms with Crippen LogP contribution >= 0.6 is 0 Å². The molecule has 2 fully saturated rings. The first-order valence-corrected chi connectivity index (χ1v) is 7.40. The summed E-state index contributed by atoms with van der Waals surface area (Å²) in [7, 11) is -3.26. The van der Waals surface area contributed by atoms with Crippen molar-refractivity contribution in [3.63, 3.8) is 0 Å². The molecule has 0 unspecified atom stereocenters. The summed E-state index contributed by atoms with van der Waals surface area (Å²) >= 11 is 0. The summed E-state index contributed by atoms with van der Waals surface area (Å²) in [5.41, 5.74) is 1.04. The molecular weight excluding hydrogens is 236 g/mol. The number of hydrogen-bond donors (Lipinski definition) is 1. The predicted molar refractivity (Wildman–Crippen MR) is 65.4 cm³/mol. The van der Waals surface area contributed by atoms with E-state index >= 15 is 0 Å². The van der Waals surface area contributed by atoms with Crippen LogP contribution in [0.3, 0.4) is 0 Å². The number of nitrogens with one attached hydrogen (secondary N) is 1. The monoisotopic (exact) mass is 252 g/mol. The van der Waals surface area contributed by atoms with Crippen molar-refractivity contribution in [2.75, 3.05) is 6.54 Å². The van der Waals surface area contributed by atoms with Gasteiger partial charge in [0.15, 0.2) is 0 Å². The van der Waals surface area contributed by atoms with E-state index in [1.807, 2.05) is 30.3 Å². The van der Waals surface area contributed by atoms with Crippen LogP contribution < -0.4 is 4.72 Å². The maximum atomic E-state index is 11.9. The van der Waals surface area contributed by atoms with Crippen LogP contribution in [0, 0.1) is 5.92 Å². The second-order valence-corrected chi connectivity index (χ2v) is 6.55. The smallest absolute Gasteiger partial charge is 0.197 e. The zero-order chi connectivity index (χ0) is 11.9. The largest absolute Gasteiger partial charge is 0.280 e. The number of benzene rings is 1. The van der Waals surface area contributed by atoms with Crippen molar-refractivity contribution in [2.45, 2.75) is 25.4 Å². The molecule has 1 aromatic carbocycles. The van der Waals surface area contributed by atoms with Crippen LogP contribution in [-0.4, -0.2) is 25.3 Å². The molecule has 3 rings (SSSR count). The summed E-state index contributed by atoms with van der Waals surface area (Å²) in [5, 5.41) is 0. The number of nitrogens with zero attached hydrogens (tertiary/aromatic N) is 1. The molecule has 1 saturated carbocycles. The number of rotatable bonds is 3. The average Bonchev–Trinajstić information content (AvgIpc) is 3.08. The molecule has 0 spiro atoms. The minimum atomic E-state index is -3.26. The normalized spacial score (nSPS) is 28.4. The molecule has 0 bridgehead atoms. The van der Waals surface area contributed by atoms with Crippen LogP contribution in [0.25, 0.3) is 0 Å². The van der Waals surface area contributed by atoms with Crippen LogP contribution in [0.1, 0.15) is 18.4 Å². The van der Waals surface area contributed by atoms with E-state index in [9.17, 15) is 8.42 Å². The highest BCUT2D eigenvalue weighted by Gasteiger charge is 2.42. The van der Waals surface area contributed by atoms with Crippen molar-refractivity contribution >= 4 is 10.2 Å². The minimum Gasteiger partial charge on any atom is -0.197 e. The molecule has 17 heavy (non-hydrogen) atoms. The highest BCUT2D eigenvalue weighted by Crippen LogP contribution is 2.35. The summed E-state index contributed by atoms with van der Waals surface area (Å²) < 4.78 is 28.2. The molecule has 1 heterocycles. The van der Waals surface area contributed by atoms with Crippen molar-refractivity contribution in [1.82, 2.24) is 9.03 Å². The first-order valence-electron chi connectivity index (χ1n) is 5.96. The Morgan fingerprint density at radius 1 is 1.24 bits per heavy atom. The molecule has 5 heteroatoms. The summed E-state index contributed by atoms with van der Waals surface area (Å²) in [6.45, 7) is 1.08. The quantitative estimate of drug-likeness (QED) is 0.876. The van der Waals surface area contributed by atoms with E-state index < -0.39 is 10.2 Å². The van der Waals surface area contributed by atoms with Gasteiger partial charge in [-0.2, -0.15) is 17.4 Å². The van der Waals surface area contributed by atoms with E-state index in [1.165, 1.54) is 0 Å². The van der Waals surface area contributed by atoms with Crippen molar-refractivity contribution in [3.05, 3.63) is 35.9 Å². The molecule has 1 N–H and O–H groups in total. The Morgan fingerprint density at radius 3 is 2.59 bits per heavy atom. The van der Waals surface area contributed by atoms with Gasteiger partial charge in [-0.25, -0.2) is 0 Å². The Morgan fingerprint density at radius 2 is 1.94 bits per heavy atom. The Labute approximate surface area is 102 Å². The topological polar surface area (TPSA) is 49.4 Å². The molecule has 0 radical (unpaired) electrons. The molecule has 0 amide bonds. The Balaban J connectivity index is 1.74. The lowest BCUT2D eigenvalue weighted by molar-refractivity contribution is 0.409. The van der Waals surface area contributed by atoms with Crippen molar-refractivity contribution < 1.29 is 8.42 Å². The second-order valence-electron chi connectivity index (χ2n) is 4.84. The van der Waals surface area contributed by atoms with Crippen LogP contribution in [0.2, 0.25) is 0 Å². The highest BCUT2D eigenvalue weighted by molar-refractivity contribution is 7.87. The molecule has 1 saturated heterocycles. The minimum absolute atomic E-state index is 0.128. The fourth-order valence-electron chi connectivity index (χ4n) is 2.30. The molecule has 4 nitrogen and oxygen atoms in total. The molecule has 1 aliphatic carbocycles. The van der Waals surface area contributed by atoms with E-state index in [1.54, 1.807) is 4.31 Å². The van der Waals surface area contributed by atoms with Gasteiger partial charge in [0.2, 0.25) is 0 Å². The van der Waals surface area contributed by atoms with Gasteiger partial charge in [0.25, 0.3) is 10.2 Å². The third-order valence-corrected chi connectivity index (χ3v) is 4.99. The van der Waals surface area contributed by atoms with E-state index in [0.29, 0.717) is 19.0 Å². The first kappa shape index (κ1) is 11.2. The van der Waals surface area contributed by atoms with E-state index in [0.717, 1.165) is 18.4 Å². The third kappa shape index (κ3) is 2.36. The van der Waals surface area contributed by atoms with E-state index in [-0.39, 0.29) is 6.04 Å². The van der Waals surface area contributed by atoms with Gasteiger partial charge in [0, 0.05) is 19.1 Å². The number of hydrogen-bond acceptors (Lipinski definition) is 2. The van der Waals surface area contributed by atoms with Crippen molar-refractivity contribution in [3.8, 4) is 0 Å². The van der Waals surface area contributed by atoms with Gasteiger partial charge in [0.05, 0.1) is 0 Å². The molecule has 0 aromatic heterocycles. The lowest BCUT2D eigenvalue weighted by Gasteiger charge is -2.13.